The van der Waals surface area contributed by atoms with Crippen LogP contribution in [0.25, 0.3) is 10.8 Å². The van der Waals surface area contributed by atoms with Crippen molar-refractivity contribution in [1.82, 2.24) is 0 Å². The Kier molecular flexibility index (Phi) is 4.35. The minimum atomic E-state index is 1.16. The summed E-state index contributed by atoms with van der Waals surface area (Å²) in [5.41, 5.74) is 2.84. The SMILES string of the molecule is C[C](CCCc1ccccc1)c1cccc2ccccc12. The van der Waals surface area contributed by atoms with E-state index in [-0.39, 0.29) is 0 Å². The van der Waals surface area contributed by atoms with Crippen molar-refractivity contribution in [2.75, 3.05) is 0 Å². The highest BCUT2D eigenvalue weighted by Crippen LogP contribution is 2.28. The number of benzene rings is 3. The van der Waals surface area contributed by atoms with E-state index in [4.69, 9.17) is 0 Å². The Morgan fingerprint density at radius 1 is 0.762 bits per heavy atom. The van der Waals surface area contributed by atoms with E-state index in [1.807, 2.05) is 0 Å². The van der Waals surface area contributed by atoms with Gasteiger partial charge in [-0.1, -0.05) is 79.7 Å². The molecule has 3 rings (SSSR count). The maximum absolute atomic E-state index is 2.27. The van der Waals surface area contributed by atoms with E-state index in [9.17, 15) is 0 Å². The lowest BCUT2D eigenvalue weighted by molar-refractivity contribution is 0.764. The van der Waals surface area contributed by atoms with Crippen LogP contribution < -0.4 is 0 Å². The summed E-state index contributed by atoms with van der Waals surface area (Å²) in [5.74, 6) is 1.49. The van der Waals surface area contributed by atoms with Crippen LogP contribution in [0.4, 0.5) is 0 Å². The lowest BCUT2D eigenvalue weighted by Gasteiger charge is -2.14. The molecule has 0 aliphatic rings. The van der Waals surface area contributed by atoms with Gasteiger partial charge in [-0.15, -0.1) is 0 Å². The van der Waals surface area contributed by atoms with E-state index in [0.717, 1.165) is 12.8 Å². The zero-order valence-corrected chi connectivity index (χ0v) is 12.5. The highest BCUT2D eigenvalue weighted by atomic mass is 14.1. The van der Waals surface area contributed by atoms with E-state index in [1.165, 1.54) is 34.2 Å². The van der Waals surface area contributed by atoms with Crippen molar-refractivity contribution in [2.45, 2.75) is 26.2 Å². The van der Waals surface area contributed by atoms with Crippen molar-refractivity contribution in [1.29, 1.82) is 0 Å². The van der Waals surface area contributed by atoms with Gasteiger partial charge in [0.05, 0.1) is 0 Å². The molecular weight excluding hydrogens is 252 g/mol. The third kappa shape index (κ3) is 3.33. The Balaban J connectivity index is 1.68. The monoisotopic (exact) mass is 273 g/mol. The average molecular weight is 273 g/mol. The van der Waals surface area contributed by atoms with Gasteiger partial charge in [0.25, 0.3) is 0 Å². The Morgan fingerprint density at radius 3 is 2.33 bits per heavy atom. The minimum Gasteiger partial charge on any atom is -0.0622 e. The van der Waals surface area contributed by atoms with Crippen molar-refractivity contribution in [3.63, 3.8) is 0 Å². The van der Waals surface area contributed by atoms with Crippen molar-refractivity contribution >= 4 is 10.8 Å². The van der Waals surface area contributed by atoms with Gasteiger partial charge < -0.3 is 0 Å². The fraction of sp³-hybridized carbons (Fsp3) is 0.190. The van der Waals surface area contributed by atoms with Gasteiger partial charge in [0.2, 0.25) is 0 Å². The van der Waals surface area contributed by atoms with Crippen LogP contribution in [-0.2, 0) is 6.42 Å². The number of aryl methyl sites for hydroxylation is 1. The van der Waals surface area contributed by atoms with E-state index < -0.39 is 0 Å². The predicted octanol–water partition coefficient (Wildman–Crippen LogP) is 5.81. The Hall–Kier alpha value is -2.08. The number of fused-ring (bicyclic) bond motifs is 1. The molecule has 0 atom stereocenters. The van der Waals surface area contributed by atoms with Crippen LogP contribution in [0.1, 0.15) is 30.9 Å². The van der Waals surface area contributed by atoms with Gasteiger partial charge in [-0.05, 0) is 41.2 Å². The van der Waals surface area contributed by atoms with E-state index in [2.05, 4.69) is 79.7 Å². The van der Waals surface area contributed by atoms with Crippen LogP contribution in [-0.4, -0.2) is 0 Å². The van der Waals surface area contributed by atoms with E-state index in [1.54, 1.807) is 0 Å². The normalized spacial score (nSPS) is 11.1. The van der Waals surface area contributed by atoms with Gasteiger partial charge in [0.1, 0.15) is 0 Å². The summed E-state index contributed by atoms with van der Waals surface area (Å²) in [6.45, 7) is 2.27. The first-order chi connectivity index (χ1) is 10.3. The molecule has 0 fully saturated rings. The quantitative estimate of drug-likeness (QED) is 0.550. The molecule has 0 unspecified atom stereocenters. The van der Waals surface area contributed by atoms with Gasteiger partial charge in [0.15, 0.2) is 0 Å². The summed E-state index contributed by atoms with van der Waals surface area (Å²) in [6.07, 6.45) is 3.52. The summed E-state index contributed by atoms with van der Waals surface area (Å²) < 4.78 is 0. The van der Waals surface area contributed by atoms with Crippen molar-refractivity contribution < 1.29 is 0 Å². The van der Waals surface area contributed by atoms with Gasteiger partial charge in [-0.25, -0.2) is 0 Å². The summed E-state index contributed by atoms with van der Waals surface area (Å²) in [5, 5.41) is 2.70. The summed E-state index contributed by atoms with van der Waals surface area (Å²) in [6, 6.07) is 26.0. The fourth-order valence-electron chi connectivity index (χ4n) is 2.93. The highest BCUT2D eigenvalue weighted by molar-refractivity contribution is 5.87. The molecular formula is C21H21. The molecule has 3 aromatic carbocycles. The summed E-state index contributed by atoms with van der Waals surface area (Å²) >= 11 is 0. The molecule has 0 nitrogen and oxygen atoms in total. The van der Waals surface area contributed by atoms with Crippen LogP contribution in [0, 0.1) is 5.92 Å². The van der Waals surface area contributed by atoms with E-state index in [0.29, 0.717) is 0 Å². The number of rotatable bonds is 5. The van der Waals surface area contributed by atoms with Crippen LogP contribution in [0.5, 0.6) is 0 Å². The molecule has 0 saturated carbocycles. The van der Waals surface area contributed by atoms with Gasteiger partial charge in [-0.3, -0.25) is 0 Å². The Labute approximate surface area is 127 Å². The molecule has 0 N–H and O–H groups in total. The lowest BCUT2D eigenvalue weighted by atomic mass is 9.90. The molecule has 0 heterocycles. The smallest absolute Gasteiger partial charge is 0.00254 e. The van der Waals surface area contributed by atoms with Crippen molar-refractivity contribution in [2.24, 2.45) is 0 Å². The molecule has 21 heavy (non-hydrogen) atoms. The molecule has 0 heteroatoms. The van der Waals surface area contributed by atoms with Crippen molar-refractivity contribution in [3.05, 3.63) is 89.8 Å². The van der Waals surface area contributed by atoms with Gasteiger partial charge >= 0.3 is 0 Å². The third-order valence-corrected chi connectivity index (χ3v) is 4.11. The van der Waals surface area contributed by atoms with Gasteiger partial charge in [0, 0.05) is 5.92 Å². The topological polar surface area (TPSA) is 0 Å². The summed E-state index contributed by atoms with van der Waals surface area (Å²) in [4.78, 5) is 0. The lowest BCUT2D eigenvalue weighted by Crippen LogP contribution is -1.97. The maximum atomic E-state index is 2.27. The van der Waals surface area contributed by atoms with Gasteiger partial charge in [-0.2, -0.15) is 0 Å². The molecule has 0 spiro atoms. The summed E-state index contributed by atoms with van der Waals surface area (Å²) in [7, 11) is 0. The first-order valence-electron chi connectivity index (χ1n) is 7.69. The average Bonchev–Trinajstić information content (AvgIpc) is 2.55. The van der Waals surface area contributed by atoms with Crippen LogP contribution >= 0.6 is 0 Å². The molecule has 0 saturated heterocycles. The molecule has 1 radical (unpaired) electrons. The number of hydrogen-bond donors (Lipinski definition) is 0. The first-order valence-corrected chi connectivity index (χ1v) is 7.69. The van der Waals surface area contributed by atoms with Crippen molar-refractivity contribution in [3.8, 4) is 0 Å². The van der Waals surface area contributed by atoms with E-state index >= 15 is 0 Å². The second-order valence-electron chi connectivity index (χ2n) is 5.65. The van der Waals surface area contributed by atoms with Crippen LogP contribution in [0.3, 0.4) is 0 Å². The molecule has 0 aliphatic carbocycles. The Bertz CT molecular complexity index is 692. The standard InChI is InChI=1S/C21H21/c1-17(9-7-12-18-10-3-2-4-11-18)20-16-8-14-19-13-5-6-15-21(19)20/h2-6,8,10-11,13-16H,7,9,12H2,1H3. The zero-order valence-electron chi connectivity index (χ0n) is 12.5. The predicted molar refractivity (Wildman–Crippen MR) is 91.3 cm³/mol. The molecule has 3 aromatic rings. The first kappa shape index (κ1) is 13.9. The largest absolute Gasteiger partial charge is 0.0622 e. The minimum absolute atomic E-state index is 1.16. The van der Waals surface area contributed by atoms with Crippen LogP contribution in [0.15, 0.2) is 72.8 Å². The zero-order chi connectivity index (χ0) is 14.5. The second-order valence-corrected chi connectivity index (χ2v) is 5.65. The fourth-order valence-corrected chi connectivity index (χ4v) is 2.93. The second kappa shape index (κ2) is 6.58. The molecule has 105 valence electrons. The molecule has 0 bridgehead atoms. The molecule has 0 aliphatic heterocycles. The molecule has 0 aromatic heterocycles. The molecule has 0 amide bonds. The third-order valence-electron chi connectivity index (χ3n) is 4.11. The Morgan fingerprint density at radius 2 is 1.48 bits per heavy atom. The maximum Gasteiger partial charge on any atom is 0.00254 e. The number of hydrogen-bond acceptors (Lipinski definition) is 0. The van der Waals surface area contributed by atoms with Crippen LogP contribution in [0.2, 0.25) is 0 Å². The highest BCUT2D eigenvalue weighted by Gasteiger charge is 2.09.